The van der Waals surface area contributed by atoms with E-state index in [9.17, 15) is 4.79 Å². The predicted octanol–water partition coefficient (Wildman–Crippen LogP) is 3.26. The Morgan fingerprint density at radius 3 is 2.44 bits per heavy atom. The first-order chi connectivity index (χ1) is 8.63. The molecule has 1 fully saturated rings. The monoisotopic (exact) mass is 255 g/mol. The van der Waals surface area contributed by atoms with Gasteiger partial charge in [-0.3, -0.25) is 4.79 Å². The van der Waals surface area contributed by atoms with Gasteiger partial charge in [0, 0.05) is 6.42 Å². The van der Waals surface area contributed by atoms with E-state index in [2.05, 4.69) is 13.8 Å². The van der Waals surface area contributed by atoms with Crippen LogP contribution in [0.1, 0.15) is 65.2 Å². The first-order valence-corrected chi connectivity index (χ1v) is 7.53. The molecule has 0 saturated heterocycles. The molecule has 1 rings (SSSR count). The van der Waals surface area contributed by atoms with Crippen LogP contribution in [0.3, 0.4) is 0 Å². The molecule has 0 bridgehead atoms. The van der Waals surface area contributed by atoms with Crippen LogP contribution < -0.4 is 5.73 Å². The molecule has 0 heterocycles. The Morgan fingerprint density at radius 1 is 1.22 bits per heavy atom. The molecule has 3 nitrogen and oxygen atoms in total. The number of rotatable bonds is 7. The molecule has 18 heavy (non-hydrogen) atoms. The van der Waals surface area contributed by atoms with E-state index >= 15 is 0 Å². The molecule has 0 amide bonds. The highest BCUT2D eigenvalue weighted by Crippen LogP contribution is 2.23. The molecule has 1 unspecified atom stereocenters. The lowest BCUT2D eigenvalue weighted by molar-refractivity contribution is -0.150. The highest BCUT2D eigenvalue weighted by molar-refractivity contribution is 5.69. The van der Waals surface area contributed by atoms with Crippen LogP contribution in [-0.2, 0) is 9.53 Å². The standard InChI is InChI=1S/C15H29NO2/c1-12(2)13(10-11-16)8-9-15(17)18-14-6-4-3-5-7-14/h12-14H,3-11,16H2,1-2H3. The van der Waals surface area contributed by atoms with Crippen molar-refractivity contribution < 1.29 is 9.53 Å². The molecule has 0 aromatic heterocycles. The maximum absolute atomic E-state index is 11.8. The largest absolute Gasteiger partial charge is 0.462 e. The highest BCUT2D eigenvalue weighted by Gasteiger charge is 2.19. The second-order valence-corrected chi connectivity index (χ2v) is 5.87. The van der Waals surface area contributed by atoms with Gasteiger partial charge in [-0.05, 0) is 56.9 Å². The van der Waals surface area contributed by atoms with Crippen LogP contribution in [0.4, 0.5) is 0 Å². The van der Waals surface area contributed by atoms with Crippen molar-refractivity contribution >= 4 is 5.97 Å². The van der Waals surface area contributed by atoms with Crippen LogP contribution in [0.2, 0.25) is 0 Å². The number of carbonyl (C=O) groups is 1. The molecule has 1 saturated carbocycles. The van der Waals surface area contributed by atoms with E-state index in [-0.39, 0.29) is 12.1 Å². The van der Waals surface area contributed by atoms with E-state index in [0.717, 1.165) is 25.7 Å². The summed E-state index contributed by atoms with van der Waals surface area (Å²) in [5.41, 5.74) is 5.61. The third-order valence-corrected chi connectivity index (χ3v) is 4.05. The smallest absolute Gasteiger partial charge is 0.306 e. The van der Waals surface area contributed by atoms with E-state index in [1.807, 2.05) is 0 Å². The van der Waals surface area contributed by atoms with Gasteiger partial charge in [-0.15, -0.1) is 0 Å². The van der Waals surface area contributed by atoms with E-state index in [1.54, 1.807) is 0 Å². The van der Waals surface area contributed by atoms with Crippen LogP contribution in [0.15, 0.2) is 0 Å². The van der Waals surface area contributed by atoms with Gasteiger partial charge in [-0.25, -0.2) is 0 Å². The number of esters is 1. The predicted molar refractivity (Wildman–Crippen MR) is 74.2 cm³/mol. The molecule has 1 aliphatic carbocycles. The minimum atomic E-state index is -0.00966. The fourth-order valence-electron chi connectivity index (χ4n) is 2.76. The molecule has 3 heteroatoms. The second kappa shape index (κ2) is 8.52. The lowest BCUT2D eigenvalue weighted by Gasteiger charge is -2.23. The summed E-state index contributed by atoms with van der Waals surface area (Å²) in [4.78, 5) is 11.8. The first kappa shape index (κ1) is 15.5. The van der Waals surface area contributed by atoms with Crippen molar-refractivity contribution in [3.05, 3.63) is 0 Å². The average molecular weight is 255 g/mol. The lowest BCUT2D eigenvalue weighted by atomic mass is 9.88. The lowest BCUT2D eigenvalue weighted by Crippen LogP contribution is -2.22. The molecule has 1 atom stereocenters. The minimum Gasteiger partial charge on any atom is -0.462 e. The zero-order valence-electron chi connectivity index (χ0n) is 12.0. The third-order valence-electron chi connectivity index (χ3n) is 4.05. The van der Waals surface area contributed by atoms with Crippen molar-refractivity contribution in [2.75, 3.05) is 6.54 Å². The van der Waals surface area contributed by atoms with Crippen molar-refractivity contribution in [3.8, 4) is 0 Å². The summed E-state index contributed by atoms with van der Waals surface area (Å²) in [6.07, 6.45) is 8.50. The van der Waals surface area contributed by atoms with Crippen LogP contribution in [-0.4, -0.2) is 18.6 Å². The maximum atomic E-state index is 11.8. The Morgan fingerprint density at radius 2 is 1.89 bits per heavy atom. The SMILES string of the molecule is CC(C)C(CCN)CCC(=O)OC1CCCCC1. The number of nitrogens with two attached hydrogens (primary N) is 1. The van der Waals surface area contributed by atoms with Crippen molar-refractivity contribution in [1.29, 1.82) is 0 Å². The summed E-state index contributed by atoms with van der Waals surface area (Å²) in [5.74, 6) is 1.13. The van der Waals surface area contributed by atoms with Gasteiger partial charge >= 0.3 is 5.97 Å². The van der Waals surface area contributed by atoms with Crippen molar-refractivity contribution in [1.82, 2.24) is 0 Å². The quantitative estimate of drug-likeness (QED) is 0.710. The molecular formula is C15H29NO2. The molecule has 1 aliphatic rings. The van der Waals surface area contributed by atoms with Crippen LogP contribution in [0.5, 0.6) is 0 Å². The van der Waals surface area contributed by atoms with Gasteiger partial charge in [-0.2, -0.15) is 0 Å². The van der Waals surface area contributed by atoms with E-state index in [0.29, 0.717) is 24.8 Å². The van der Waals surface area contributed by atoms with Gasteiger partial charge in [0.15, 0.2) is 0 Å². The summed E-state index contributed by atoms with van der Waals surface area (Å²) < 4.78 is 5.53. The third kappa shape index (κ3) is 5.85. The normalized spacial score (nSPS) is 18.9. The van der Waals surface area contributed by atoms with Crippen molar-refractivity contribution in [2.24, 2.45) is 17.6 Å². The fourth-order valence-corrected chi connectivity index (χ4v) is 2.76. The first-order valence-electron chi connectivity index (χ1n) is 7.53. The van der Waals surface area contributed by atoms with Crippen LogP contribution in [0, 0.1) is 11.8 Å². The molecular weight excluding hydrogens is 226 g/mol. The summed E-state index contributed by atoms with van der Waals surface area (Å²) in [7, 11) is 0. The minimum absolute atomic E-state index is 0.00966. The summed E-state index contributed by atoms with van der Waals surface area (Å²) in [5, 5.41) is 0. The molecule has 2 N–H and O–H groups in total. The molecule has 0 spiro atoms. The summed E-state index contributed by atoms with van der Waals surface area (Å²) in [6, 6.07) is 0. The van der Waals surface area contributed by atoms with Crippen LogP contribution in [0.25, 0.3) is 0 Å². The number of ether oxygens (including phenoxy) is 1. The number of hydrogen-bond acceptors (Lipinski definition) is 3. The Bertz CT molecular complexity index is 235. The van der Waals surface area contributed by atoms with E-state index in [4.69, 9.17) is 10.5 Å². The average Bonchev–Trinajstić information content (AvgIpc) is 2.35. The number of hydrogen-bond donors (Lipinski definition) is 1. The van der Waals surface area contributed by atoms with Gasteiger partial charge in [0.25, 0.3) is 0 Å². The molecule has 0 aromatic rings. The highest BCUT2D eigenvalue weighted by atomic mass is 16.5. The van der Waals surface area contributed by atoms with Gasteiger partial charge in [0.2, 0.25) is 0 Å². The van der Waals surface area contributed by atoms with Crippen LogP contribution >= 0.6 is 0 Å². The van der Waals surface area contributed by atoms with Gasteiger partial charge in [0.05, 0.1) is 0 Å². The van der Waals surface area contributed by atoms with Gasteiger partial charge in [-0.1, -0.05) is 20.3 Å². The Hall–Kier alpha value is -0.570. The molecule has 0 aliphatic heterocycles. The Labute approximate surface area is 111 Å². The maximum Gasteiger partial charge on any atom is 0.306 e. The second-order valence-electron chi connectivity index (χ2n) is 5.87. The Kier molecular flexibility index (Phi) is 7.33. The Balaban J connectivity index is 2.21. The van der Waals surface area contributed by atoms with Gasteiger partial charge < -0.3 is 10.5 Å². The van der Waals surface area contributed by atoms with Gasteiger partial charge in [0.1, 0.15) is 6.10 Å². The fraction of sp³-hybridized carbons (Fsp3) is 0.933. The van der Waals surface area contributed by atoms with E-state index in [1.165, 1.54) is 19.3 Å². The molecule has 0 aromatic carbocycles. The summed E-state index contributed by atoms with van der Waals surface area (Å²) >= 11 is 0. The molecule has 0 radical (unpaired) electrons. The zero-order valence-corrected chi connectivity index (χ0v) is 12.0. The number of carbonyl (C=O) groups excluding carboxylic acids is 1. The molecule has 106 valence electrons. The van der Waals surface area contributed by atoms with E-state index < -0.39 is 0 Å². The van der Waals surface area contributed by atoms with Crippen molar-refractivity contribution in [3.63, 3.8) is 0 Å². The zero-order chi connectivity index (χ0) is 13.4. The van der Waals surface area contributed by atoms with Crippen molar-refractivity contribution in [2.45, 2.75) is 71.3 Å². The topological polar surface area (TPSA) is 52.3 Å². The summed E-state index contributed by atoms with van der Waals surface area (Å²) in [6.45, 7) is 5.11.